The van der Waals surface area contributed by atoms with E-state index in [1.165, 1.54) is 17.6 Å². The molecule has 34 heavy (non-hydrogen) atoms. The monoisotopic (exact) mass is 481 g/mol. The van der Waals surface area contributed by atoms with Crippen LogP contribution in [0.25, 0.3) is 0 Å². The van der Waals surface area contributed by atoms with Gasteiger partial charge in [0.2, 0.25) is 5.91 Å². The minimum absolute atomic E-state index is 0.00300. The van der Waals surface area contributed by atoms with Crippen molar-refractivity contribution in [3.8, 4) is 0 Å². The van der Waals surface area contributed by atoms with Crippen molar-refractivity contribution in [1.82, 2.24) is 19.7 Å². The number of fused-ring (bicyclic) bond motifs is 1. The van der Waals surface area contributed by atoms with Crippen LogP contribution in [0.4, 0.5) is 5.13 Å². The minimum atomic E-state index is -0.445. The molecule has 1 unspecified atom stereocenters. The van der Waals surface area contributed by atoms with Crippen molar-refractivity contribution < 1.29 is 18.8 Å². The number of nitrogens with one attached hydrogen (secondary N) is 1. The van der Waals surface area contributed by atoms with Gasteiger partial charge in [0, 0.05) is 43.7 Å². The lowest BCUT2D eigenvalue weighted by atomic mass is 9.88. The second-order valence-electron chi connectivity index (χ2n) is 9.14. The van der Waals surface area contributed by atoms with Gasteiger partial charge in [-0.05, 0) is 39.7 Å². The van der Waals surface area contributed by atoms with E-state index in [2.05, 4.69) is 15.4 Å². The van der Waals surface area contributed by atoms with E-state index in [-0.39, 0.29) is 30.1 Å². The molecule has 3 aromatic rings. The van der Waals surface area contributed by atoms with E-state index < -0.39 is 5.92 Å². The standard InChI is InChI=1S/C24H27N5O4S/c1-12-18(13(2)28(4)27-12)11-29(16-5-6-16)23(32)15-9-19-21(20(30)10-15)34-24(25-19)26-22(31)17-7-8-33-14(17)3/h7-8,15-16H,5-6,9-11H2,1-4H3,(H,25,26,31). The molecule has 1 saturated carbocycles. The molecule has 0 aliphatic heterocycles. The van der Waals surface area contributed by atoms with Crippen LogP contribution in [-0.2, 0) is 24.8 Å². The first-order chi connectivity index (χ1) is 16.2. The zero-order valence-corrected chi connectivity index (χ0v) is 20.5. The number of aryl methyl sites for hydroxylation is 3. The second kappa shape index (κ2) is 8.50. The van der Waals surface area contributed by atoms with E-state index in [1.807, 2.05) is 30.5 Å². The molecule has 2 aliphatic carbocycles. The van der Waals surface area contributed by atoms with Crippen molar-refractivity contribution in [2.45, 2.75) is 59.0 Å². The van der Waals surface area contributed by atoms with Crippen LogP contribution < -0.4 is 5.32 Å². The molecule has 1 N–H and O–H groups in total. The third-order valence-corrected chi connectivity index (χ3v) is 7.81. The fourth-order valence-electron chi connectivity index (χ4n) is 4.57. The Morgan fingerprint density at radius 3 is 2.65 bits per heavy atom. The van der Waals surface area contributed by atoms with Gasteiger partial charge >= 0.3 is 0 Å². The number of carbonyl (C=O) groups excluding carboxylic acids is 3. The number of amides is 2. The van der Waals surface area contributed by atoms with Gasteiger partial charge in [0.25, 0.3) is 5.91 Å². The summed E-state index contributed by atoms with van der Waals surface area (Å²) in [6.07, 6.45) is 3.98. The molecule has 178 valence electrons. The Hall–Kier alpha value is -3.27. The highest BCUT2D eigenvalue weighted by Crippen LogP contribution is 2.36. The van der Waals surface area contributed by atoms with Crippen molar-refractivity contribution >= 4 is 34.1 Å². The largest absolute Gasteiger partial charge is 0.469 e. The number of aromatic nitrogens is 3. The van der Waals surface area contributed by atoms with Gasteiger partial charge in [0.1, 0.15) is 5.76 Å². The maximum Gasteiger partial charge on any atom is 0.260 e. The van der Waals surface area contributed by atoms with Gasteiger partial charge in [-0.3, -0.25) is 24.4 Å². The van der Waals surface area contributed by atoms with Crippen LogP contribution in [-0.4, -0.2) is 43.3 Å². The molecule has 2 amide bonds. The average Bonchev–Trinajstić information content (AvgIpc) is 3.32. The third-order valence-electron chi connectivity index (χ3n) is 6.75. The first kappa shape index (κ1) is 22.5. The Kier molecular flexibility index (Phi) is 5.63. The predicted octanol–water partition coefficient (Wildman–Crippen LogP) is 3.58. The van der Waals surface area contributed by atoms with Crippen LogP contribution in [0.5, 0.6) is 0 Å². The summed E-state index contributed by atoms with van der Waals surface area (Å²) < 4.78 is 7.03. The smallest absolute Gasteiger partial charge is 0.260 e. The van der Waals surface area contributed by atoms with Gasteiger partial charge in [0.05, 0.1) is 34.0 Å². The van der Waals surface area contributed by atoms with Gasteiger partial charge < -0.3 is 9.32 Å². The van der Waals surface area contributed by atoms with Crippen LogP contribution in [0.2, 0.25) is 0 Å². The molecule has 0 saturated heterocycles. The predicted molar refractivity (Wildman–Crippen MR) is 126 cm³/mol. The van der Waals surface area contributed by atoms with Crippen molar-refractivity contribution in [3.63, 3.8) is 0 Å². The molecule has 10 heteroatoms. The molecule has 1 fully saturated rings. The molecule has 2 aliphatic rings. The summed E-state index contributed by atoms with van der Waals surface area (Å²) in [5, 5.41) is 7.60. The second-order valence-corrected chi connectivity index (χ2v) is 10.1. The Bertz CT molecular complexity index is 1300. The zero-order valence-electron chi connectivity index (χ0n) is 19.7. The summed E-state index contributed by atoms with van der Waals surface area (Å²) in [7, 11) is 1.91. The van der Waals surface area contributed by atoms with Crippen LogP contribution >= 0.6 is 11.3 Å². The number of Topliss-reactive ketones (excluding diaryl/α,β-unsaturated/α-hetero) is 1. The van der Waals surface area contributed by atoms with Gasteiger partial charge in [-0.1, -0.05) is 11.3 Å². The highest BCUT2D eigenvalue weighted by atomic mass is 32.1. The first-order valence-corrected chi connectivity index (χ1v) is 12.2. The Morgan fingerprint density at radius 1 is 1.26 bits per heavy atom. The van der Waals surface area contributed by atoms with E-state index in [4.69, 9.17) is 4.42 Å². The summed E-state index contributed by atoms with van der Waals surface area (Å²) in [5.41, 5.74) is 4.05. The summed E-state index contributed by atoms with van der Waals surface area (Å²) in [6, 6.07) is 1.81. The number of furan rings is 1. The van der Waals surface area contributed by atoms with Crippen molar-refractivity contribution in [2.24, 2.45) is 13.0 Å². The summed E-state index contributed by atoms with van der Waals surface area (Å²) in [6.45, 7) is 6.19. The Labute approximate surface area is 201 Å². The number of hydrogen-bond acceptors (Lipinski definition) is 7. The molecular weight excluding hydrogens is 454 g/mol. The minimum Gasteiger partial charge on any atom is -0.469 e. The Morgan fingerprint density at radius 2 is 2.03 bits per heavy atom. The fraction of sp³-hybridized carbons (Fsp3) is 0.458. The first-order valence-electron chi connectivity index (χ1n) is 11.4. The maximum absolute atomic E-state index is 13.6. The van der Waals surface area contributed by atoms with Crippen LogP contribution in [0.1, 0.15) is 67.7 Å². The summed E-state index contributed by atoms with van der Waals surface area (Å²) in [4.78, 5) is 46.0. The van der Waals surface area contributed by atoms with Crippen molar-refractivity contribution in [1.29, 1.82) is 0 Å². The lowest BCUT2D eigenvalue weighted by molar-refractivity contribution is -0.136. The number of nitrogens with zero attached hydrogens (tertiary/aromatic N) is 4. The number of carbonyl (C=O) groups is 3. The highest BCUT2D eigenvalue weighted by Gasteiger charge is 2.40. The normalized spacial score (nSPS) is 17.5. The van der Waals surface area contributed by atoms with E-state index in [1.54, 1.807) is 13.0 Å². The molecule has 0 bridgehead atoms. The zero-order chi connectivity index (χ0) is 24.1. The van der Waals surface area contributed by atoms with Crippen molar-refractivity contribution in [3.05, 3.63) is 51.2 Å². The fourth-order valence-corrected chi connectivity index (χ4v) is 5.50. The summed E-state index contributed by atoms with van der Waals surface area (Å²) in [5.74, 6) is -0.364. The molecule has 0 radical (unpaired) electrons. The molecule has 3 aromatic heterocycles. The number of thiazole rings is 1. The lowest BCUT2D eigenvalue weighted by Crippen LogP contribution is -2.40. The SMILES string of the molecule is Cc1nn(C)c(C)c1CN(C(=O)C1CC(=O)c2sc(NC(=O)c3ccoc3C)nc2C1)C1CC1. The molecule has 0 aromatic carbocycles. The molecule has 0 spiro atoms. The molecular formula is C24H27N5O4S. The molecule has 3 heterocycles. The van der Waals surface area contributed by atoms with E-state index >= 15 is 0 Å². The highest BCUT2D eigenvalue weighted by molar-refractivity contribution is 7.17. The maximum atomic E-state index is 13.6. The molecule has 1 atom stereocenters. The summed E-state index contributed by atoms with van der Waals surface area (Å²) >= 11 is 1.17. The third kappa shape index (κ3) is 4.06. The number of rotatable bonds is 6. The van der Waals surface area contributed by atoms with Crippen molar-refractivity contribution in [2.75, 3.05) is 5.32 Å². The van der Waals surface area contributed by atoms with E-state index in [0.717, 1.165) is 29.8 Å². The Balaban J connectivity index is 1.33. The van der Waals surface area contributed by atoms with Crippen LogP contribution in [0.3, 0.4) is 0 Å². The number of anilines is 1. The van der Waals surface area contributed by atoms with E-state index in [0.29, 0.717) is 40.0 Å². The van der Waals surface area contributed by atoms with Crippen LogP contribution in [0, 0.1) is 26.7 Å². The molecule has 5 rings (SSSR count). The van der Waals surface area contributed by atoms with Gasteiger partial charge in [-0.2, -0.15) is 5.10 Å². The van der Waals surface area contributed by atoms with E-state index in [9.17, 15) is 14.4 Å². The average molecular weight is 482 g/mol. The van der Waals surface area contributed by atoms with Gasteiger partial charge in [-0.15, -0.1) is 0 Å². The number of hydrogen-bond donors (Lipinski definition) is 1. The molecule has 9 nitrogen and oxygen atoms in total. The van der Waals surface area contributed by atoms with Gasteiger partial charge in [-0.25, -0.2) is 4.98 Å². The number of ketones is 1. The topological polar surface area (TPSA) is 110 Å². The van der Waals surface area contributed by atoms with Crippen LogP contribution in [0.15, 0.2) is 16.7 Å². The quantitative estimate of drug-likeness (QED) is 0.576. The lowest BCUT2D eigenvalue weighted by Gasteiger charge is -2.29. The van der Waals surface area contributed by atoms with Gasteiger partial charge in [0.15, 0.2) is 10.9 Å².